The minimum absolute atomic E-state index is 0.0557. The van der Waals surface area contributed by atoms with Crippen molar-refractivity contribution in [3.8, 4) is 0 Å². The first-order valence-corrected chi connectivity index (χ1v) is 8.15. The van der Waals surface area contributed by atoms with Gasteiger partial charge in [0.1, 0.15) is 0 Å². The maximum absolute atomic E-state index is 12.2. The summed E-state index contributed by atoms with van der Waals surface area (Å²) >= 11 is 0. The Hall–Kier alpha value is -0.870. The van der Waals surface area contributed by atoms with Crippen molar-refractivity contribution in [1.82, 2.24) is 4.72 Å². The van der Waals surface area contributed by atoms with Gasteiger partial charge in [-0.05, 0) is 25.0 Å². The maximum atomic E-state index is 12.2. The Kier molecular flexibility index (Phi) is 6.36. The summed E-state index contributed by atoms with van der Waals surface area (Å²) in [5.74, 6) is 0. The van der Waals surface area contributed by atoms with Crippen LogP contribution in [0.3, 0.4) is 0 Å². The third-order valence-corrected chi connectivity index (χ3v) is 4.46. The summed E-state index contributed by atoms with van der Waals surface area (Å²) in [6.07, 6.45) is 4.95. The summed E-state index contributed by atoms with van der Waals surface area (Å²) in [4.78, 5) is 0.350. The number of rotatable bonds is 8. The molecule has 3 nitrogen and oxygen atoms in total. The van der Waals surface area contributed by atoms with Gasteiger partial charge >= 0.3 is 0 Å². The van der Waals surface area contributed by atoms with Crippen LogP contribution in [0.15, 0.2) is 35.2 Å². The van der Waals surface area contributed by atoms with Gasteiger partial charge in [0, 0.05) is 6.04 Å². The van der Waals surface area contributed by atoms with E-state index in [0.717, 1.165) is 32.1 Å². The Balaban J connectivity index is 2.73. The van der Waals surface area contributed by atoms with Crippen molar-refractivity contribution in [3.63, 3.8) is 0 Å². The third-order valence-electron chi connectivity index (χ3n) is 2.92. The lowest BCUT2D eigenvalue weighted by molar-refractivity contribution is 0.483. The fourth-order valence-corrected chi connectivity index (χ4v) is 3.27. The Morgan fingerprint density at radius 1 is 1.06 bits per heavy atom. The average Bonchev–Trinajstić information content (AvgIpc) is 2.37. The highest BCUT2D eigenvalue weighted by Gasteiger charge is 2.18. The number of unbranched alkanes of at least 4 members (excludes halogenated alkanes) is 1. The van der Waals surface area contributed by atoms with Gasteiger partial charge in [-0.1, -0.05) is 51.3 Å². The van der Waals surface area contributed by atoms with Crippen LogP contribution in [0, 0.1) is 0 Å². The molecule has 0 radical (unpaired) electrons. The van der Waals surface area contributed by atoms with Crippen molar-refractivity contribution < 1.29 is 8.42 Å². The molecular weight excluding hydrogens is 246 g/mol. The molecule has 0 saturated carbocycles. The molecule has 0 bridgehead atoms. The Bertz CT molecular complexity index is 428. The predicted molar refractivity (Wildman–Crippen MR) is 75.0 cm³/mol. The average molecular weight is 269 g/mol. The van der Waals surface area contributed by atoms with E-state index in [1.54, 1.807) is 24.3 Å². The highest BCUT2D eigenvalue weighted by molar-refractivity contribution is 7.89. The van der Waals surface area contributed by atoms with E-state index in [2.05, 4.69) is 18.6 Å². The summed E-state index contributed by atoms with van der Waals surface area (Å²) in [5, 5.41) is 0. The first-order valence-electron chi connectivity index (χ1n) is 6.67. The molecule has 1 N–H and O–H groups in total. The van der Waals surface area contributed by atoms with Crippen LogP contribution in [-0.4, -0.2) is 14.5 Å². The van der Waals surface area contributed by atoms with E-state index in [0.29, 0.717) is 4.90 Å². The number of nitrogens with one attached hydrogen (secondary N) is 1. The summed E-state index contributed by atoms with van der Waals surface area (Å²) in [5.41, 5.74) is 0. The molecule has 1 rings (SSSR count). The van der Waals surface area contributed by atoms with Crippen LogP contribution < -0.4 is 4.72 Å². The van der Waals surface area contributed by atoms with Gasteiger partial charge in [-0.25, -0.2) is 13.1 Å². The molecule has 1 aromatic rings. The van der Waals surface area contributed by atoms with Gasteiger partial charge in [0.05, 0.1) is 4.90 Å². The van der Waals surface area contributed by atoms with Gasteiger partial charge in [-0.2, -0.15) is 0 Å². The van der Waals surface area contributed by atoms with E-state index < -0.39 is 10.0 Å². The van der Waals surface area contributed by atoms with E-state index in [9.17, 15) is 8.42 Å². The van der Waals surface area contributed by atoms with E-state index >= 15 is 0 Å². The Morgan fingerprint density at radius 2 is 1.72 bits per heavy atom. The molecule has 0 saturated heterocycles. The third kappa shape index (κ3) is 4.78. The minimum atomic E-state index is -3.36. The highest BCUT2D eigenvalue weighted by atomic mass is 32.2. The number of hydrogen-bond acceptors (Lipinski definition) is 2. The lowest BCUT2D eigenvalue weighted by Gasteiger charge is -2.17. The standard InChI is InChI=1S/C14H23NO2S/c1-3-5-10-13(9-4-2)15-18(16,17)14-11-7-6-8-12-14/h6-8,11-13,15H,3-5,9-10H2,1-2H3. The van der Waals surface area contributed by atoms with E-state index in [4.69, 9.17) is 0 Å². The molecule has 0 aliphatic carbocycles. The van der Waals surface area contributed by atoms with Crippen molar-refractivity contribution >= 4 is 10.0 Å². The van der Waals surface area contributed by atoms with E-state index in [1.807, 2.05) is 6.07 Å². The second kappa shape index (κ2) is 7.54. The van der Waals surface area contributed by atoms with Crippen LogP contribution >= 0.6 is 0 Å². The Morgan fingerprint density at radius 3 is 2.28 bits per heavy atom. The van der Waals surface area contributed by atoms with Crippen LogP contribution in [0.1, 0.15) is 46.0 Å². The van der Waals surface area contributed by atoms with Gasteiger partial charge in [-0.15, -0.1) is 0 Å². The fourth-order valence-electron chi connectivity index (χ4n) is 1.95. The topological polar surface area (TPSA) is 46.2 Å². The SMILES string of the molecule is CCCCC(CCC)NS(=O)(=O)c1ccccc1. The minimum Gasteiger partial charge on any atom is -0.208 e. The summed E-state index contributed by atoms with van der Waals surface area (Å²) in [6.45, 7) is 4.20. The molecule has 0 aliphatic rings. The second-order valence-corrected chi connectivity index (χ2v) is 6.28. The lowest BCUT2D eigenvalue weighted by atomic mass is 10.1. The number of benzene rings is 1. The van der Waals surface area contributed by atoms with Crippen LogP contribution in [0.25, 0.3) is 0 Å². The normalized spacial score (nSPS) is 13.4. The Labute approximate surface area is 111 Å². The predicted octanol–water partition coefficient (Wildman–Crippen LogP) is 3.32. The first-order chi connectivity index (χ1) is 8.60. The van der Waals surface area contributed by atoms with Gasteiger partial charge in [-0.3, -0.25) is 0 Å². The van der Waals surface area contributed by atoms with Crippen molar-refractivity contribution in [1.29, 1.82) is 0 Å². The zero-order valence-corrected chi connectivity index (χ0v) is 12.0. The second-order valence-electron chi connectivity index (χ2n) is 4.56. The molecule has 1 atom stereocenters. The van der Waals surface area contributed by atoms with Crippen molar-refractivity contribution in [2.45, 2.75) is 56.9 Å². The molecule has 0 fully saturated rings. The summed E-state index contributed by atoms with van der Waals surface area (Å²) < 4.78 is 27.2. The van der Waals surface area contributed by atoms with Crippen molar-refractivity contribution in [2.24, 2.45) is 0 Å². The maximum Gasteiger partial charge on any atom is 0.240 e. The lowest BCUT2D eigenvalue weighted by Crippen LogP contribution is -2.34. The van der Waals surface area contributed by atoms with Gasteiger partial charge < -0.3 is 0 Å². The molecule has 0 spiro atoms. The molecule has 102 valence electrons. The van der Waals surface area contributed by atoms with Crippen LogP contribution in [0.2, 0.25) is 0 Å². The molecular formula is C14H23NO2S. The van der Waals surface area contributed by atoms with E-state index in [1.165, 1.54) is 0 Å². The molecule has 1 aromatic carbocycles. The highest BCUT2D eigenvalue weighted by Crippen LogP contribution is 2.13. The van der Waals surface area contributed by atoms with E-state index in [-0.39, 0.29) is 6.04 Å². The fraction of sp³-hybridized carbons (Fsp3) is 0.571. The number of sulfonamides is 1. The molecule has 0 amide bonds. The summed E-state index contributed by atoms with van der Waals surface area (Å²) in [7, 11) is -3.36. The quantitative estimate of drug-likeness (QED) is 0.787. The van der Waals surface area contributed by atoms with Crippen LogP contribution in [0.4, 0.5) is 0 Å². The molecule has 0 aliphatic heterocycles. The molecule has 0 aromatic heterocycles. The smallest absolute Gasteiger partial charge is 0.208 e. The van der Waals surface area contributed by atoms with Crippen LogP contribution in [-0.2, 0) is 10.0 Å². The molecule has 4 heteroatoms. The zero-order chi connectivity index (χ0) is 13.4. The number of hydrogen-bond donors (Lipinski definition) is 1. The largest absolute Gasteiger partial charge is 0.240 e. The van der Waals surface area contributed by atoms with Gasteiger partial charge in [0.2, 0.25) is 10.0 Å². The van der Waals surface area contributed by atoms with Gasteiger partial charge in [0.15, 0.2) is 0 Å². The molecule has 0 heterocycles. The monoisotopic (exact) mass is 269 g/mol. The van der Waals surface area contributed by atoms with Crippen molar-refractivity contribution in [2.75, 3.05) is 0 Å². The van der Waals surface area contributed by atoms with Crippen molar-refractivity contribution in [3.05, 3.63) is 30.3 Å². The first kappa shape index (κ1) is 15.2. The van der Waals surface area contributed by atoms with Crippen LogP contribution in [0.5, 0.6) is 0 Å². The summed E-state index contributed by atoms with van der Waals surface area (Å²) in [6, 6.07) is 8.63. The molecule has 1 unspecified atom stereocenters. The zero-order valence-electron chi connectivity index (χ0n) is 11.2. The molecule has 18 heavy (non-hydrogen) atoms. The van der Waals surface area contributed by atoms with Gasteiger partial charge in [0.25, 0.3) is 0 Å².